The van der Waals surface area contributed by atoms with E-state index in [1.165, 1.54) is 11.8 Å². The summed E-state index contributed by atoms with van der Waals surface area (Å²) >= 11 is 2.98. The minimum atomic E-state index is -0.555. The van der Waals surface area contributed by atoms with Gasteiger partial charge in [-0.25, -0.2) is 14.3 Å². The van der Waals surface area contributed by atoms with E-state index in [1.54, 1.807) is 17.5 Å². The molecule has 32 heavy (non-hydrogen) atoms. The first-order valence-electron chi connectivity index (χ1n) is 10.1. The zero-order valence-electron chi connectivity index (χ0n) is 17.6. The number of ether oxygens (including phenoxy) is 1. The SMILES string of the molecule is Cn1ccnc1SC(C(=O)Oc1c(-c2ccccc2)sc2n1cc[n+]2C)c1ccccc1. The second-order valence-electron chi connectivity index (χ2n) is 7.31. The van der Waals surface area contributed by atoms with Crippen molar-refractivity contribution in [3.63, 3.8) is 0 Å². The van der Waals surface area contributed by atoms with Gasteiger partial charge in [-0.05, 0) is 22.5 Å². The van der Waals surface area contributed by atoms with Gasteiger partial charge in [0.2, 0.25) is 0 Å². The first-order chi connectivity index (χ1) is 15.6. The van der Waals surface area contributed by atoms with Gasteiger partial charge in [0.05, 0.1) is 7.05 Å². The van der Waals surface area contributed by atoms with Crippen LogP contribution in [0.2, 0.25) is 0 Å². The van der Waals surface area contributed by atoms with Gasteiger partial charge in [-0.2, -0.15) is 4.40 Å². The van der Waals surface area contributed by atoms with Crippen LogP contribution in [0.3, 0.4) is 0 Å². The lowest BCUT2D eigenvalue weighted by molar-refractivity contribution is -0.642. The van der Waals surface area contributed by atoms with Gasteiger partial charge in [0, 0.05) is 19.4 Å². The van der Waals surface area contributed by atoms with E-state index in [0.717, 1.165) is 26.1 Å². The fourth-order valence-corrected chi connectivity index (χ4v) is 5.56. The van der Waals surface area contributed by atoms with Crippen molar-refractivity contribution in [3.8, 4) is 16.3 Å². The number of thiazole rings is 1. The van der Waals surface area contributed by atoms with Gasteiger partial charge in [-0.3, -0.25) is 0 Å². The predicted octanol–water partition coefficient (Wildman–Crippen LogP) is 4.66. The number of rotatable bonds is 6. The summed E-state index contributed by atoms with van der Waals surface area (Å²) < 4.78 is 12.0. The number of benzene rings is 2. The van der Waals surface area contributed by atoms with Crippen LogP contribution >= 0.6 is 23.1 Å². The number of carbonyl (C=O) groups is 1. The van der Waals surface area contributed by atoms with Crippen LogP contribution in [0.4, 0.5) is 0 Å². The molecule has 0 saturated carbocycles. The minimum Gasteiger partial charge on any atom is -0.387 e. The van der Waals surface area contributed by atoms with Crippen molar-refractivity contribution < 1.29 is 14.1 Å². The molecule has 0 aliphatic rings. The second kappa shape index (κ2) is 8.64. The maximum absolute atomic E-state index is 13.6. The zero-order valence-corrected chi connectivity index (χ0v) is 19.2. The quantitative estimate of drug-likeness (QED) is 0.210. The molecule has 2 aromatic carbocycles. The highest BCUT2D eigenvalue weighted by atomic mass is 32.2. The molecule has 0 N–H and O–H groups in total. The summed E-state index contributed by atoms with van der Waals surface area (Å²) in [7, 11) is 3.90. The number of thioether (sulfide) groups is 1. The van der Waals surface area contributed by atoms with E-state index in [0.29, 0.717) is 5.88 Å². The Kier molecular flexibility index (Phi) is 5.55. The molecule has 6 nitrogen and oxygen atoms in total. The monoisotopic (exact) mass is 461 g/mol. The second-order valence-corrected chi connectivity index (χ2v) is 9.36. The molecule has 3 aromatic heterocycles. The van der Waals surface area contributed by atoms with Crippen molar-refractivity contribution in [2.45, 2.75) is 10.4 Å². The predicted molar refractivity (Wildman–Crippen MR) is 126 cm³/mol. The number of esters is 1. The van der Waals surface area contributed by atoms with E-state index in [4.69, 9.17) is 4.74 Å². The molecule has 0 aliphatic carbocycles. The molecule has 0 bridgehead atoms. The molecule has 1 atom stereocenters. The summed E-state index contributed by atoms with van der Waals surface area (Å²) in [6.45, 7) is 0. The molecule has 0 radical (unpaired) electrons. The fourth-order valence-electron chi connectivity index (χ4n) is 3.45. The van der Waals surface area contributed by atoms with Crippen LogP contribution in [0.15, 0.2) is 90.6 Å². The van der Waals surface area contributed by atoms with E-state index in [2.05, 4.69) is 4.98 Å². The van der Waals surface area contributed by atoms with E-state index < -0.39 is 5.25 Å². The number of nitrogens with zero attached hydrogens (tertiary/aromatic N) is 4. The molecule has 0 fully saturated rings. The molecule has 0 aliphatic heterocycles. The number of imidazole rings is 2. The van der Waals surface area contributed by atoms with Crippen molar-refractivity contribution in [1.29, 1.82) is 0 Å². The van der Waals surface area contributed by atoms with Crippen LogP contribution in [0.1, 0.15) is 10.8 Å². The number of carbonyl (C=O) groups excluding carboxylic acids is 1. The Bertz CT molecular complexity index is 1370. The third kappa shape index (κ3) is 3.83. The van der Waals surface area contributed by atoms with Crippen LogP contribution in [-0.4, -0.2) is 19.9 Å². The van der Waals surface area contributed by atoms with Crippen molar-refractivity contribution in [2.75, 3.05) is 0 Å². The molecule has 1 unspecified atom stereocenters. The van der Waals surface area contributed by atoms with Gasteiger partial charge in [-0.1, -0.05) is 72.4 Å². The number of aryl methyl sites for hydroxylation is 2. The van der Waals surface area contributed by atoms with Crippen LogP contribution < -0.4 is 9.30 Å². The maximum Gasteiger partial charge on any atom is 0.349 e. The zero-order chi connectivity index (χ0) is 22.1. The molecule has 0 amide bonds. The Hall–Kier alpha value is -3.36. The number of hydrogen-bond donors (Lipinski definition) is 0. The lowest BCUT2D eigenvalue weighted by atomic mass is 10.1. The number of aromatic nitrogens is 4. The first-order valence-corrected chi connectivity index (χ1v) is 11.8. The van der Waals surface area contributed by atoms with E-state index in [-0.39, 0.29) is 5.97 Å². The highest BCUT2D eigenvalue weighted by Gasteiger charge is 2.31. The summed E-state index contributed by atoms with van der Waals surface area (Å²) in [6, 6.07) is 19.7. The van der Waals surface area contributed by atoms with Crippen LogP contribution in [0.5, 0.6) is 5.88 Å². The molecular weight excluding hydrogens is 440 g/mol. The molecule has 0 saturated heterocycles. The number of fused-ring (bicyclic) bond motifs is 1. The molecule has 5 aromatic rings. The van der Waals surface area contributed by atoms with Gasteiger partial charge in [-0.15, -0.1) is 0 Å². The van der Waals surface area contributed by atoms with Crippen LogP contribution in [-0.2, 0) is 18.9 Å². The Morgan fingerprint density at radius 1 is 1.09 bits per heavy atom. The first kappa shape index (κ1) is 20.5. The Balaban J connectivity index is 1.55. The summed E-state index contributed by atoms with van der Waals surface area (Å²) in [6.07, 6.45) is 7.47. The minimum absolute atomic E-state index is 0.336. The summed E-state index contributed by atoms with van der Waals surface area (Å²) in [5.41, 5.74) is 1.88. The maximum atomic E-state index is 13.6. The van der Waals surface area contributed by atoms with Gasteiger partial charge in [0.15, 0.2) is 5.16 Å². The molecule has 160 valence electrons. The van der Waals surface area contributed by atoms with E-state index in [9.17, 15) is 4.79 Å². The van der Waals surface area contributed by atoms with Crippen molar-refractivity contribution in [2.24, 2.45) is 14.1 Å². The van der Waals surface area contributed by atoms with Gasteiger partial charge in [0.25, 0.3) is 0 Å². The van der Waals surface area contributed by atoms with Gasteiger partial charge >= 0.3 is 16.8 Å². The summed E-state index contributed by atoms with van der Waals surface area (Å²) in [4.78, 5) is 19.9. The standard InChI is InChI=1S/C24H21N4O2S2/c1-26-14-13-25-23(26)31-20(18-11-7-4-8-12-18)22(29)30-21-19(17-9-5-3-6-10-17)32-24-27(2)15-16-28(21)24/h3-16,20H,1-2H3/q+1. The lowest BCUT2D eigenvalue weighted by Gasteiger charge is -2.15. The van der Waals surface area contributed by atoms with Gasteiger partial charge in [0.1, 0.15) is 22.5 Å². The summed E-state index contributed by atoms with van der Waals surface area (Å²) in [5, 5.41) is 0.196. The van der Waals surface area contributed by atoms with Crippen molar-refractivity contribution in [1.82, 2.24) is 14.0 Å². The van der Waals surface area contributed by atoms with Crippen LogP contribution in [0.25, 0.3) is 15.4 Å². The number of hydrogen-bond acceptors (Lipinski definition) is 5. The van der Waals surface area contributed by atoms with Crippen molar-refractivity contribution >= 4 is 34.0 Å². The molecular formula is C24H21N4O2S2+. The van der Waals surface area contributed by atoms with E-state index >= 15 is 0 Å². The highest BCUT2D eigenvalue weighted by molar-refractivity contribution is 8.00. The topological polar surface area (TPSA) is 52.4 Å². The highest BCUT2D eigenvalue weighted by Crippen LogP contribution is 2.40. The Morgan fingerprint density at radius 3 is 2.50 bits per heavy atom. The van der Waals surface area contributed by atoms with Gasteiger partial charge < -0.3 is 9.30 Å². The third-order valence-electron chi connectivity index (χ3n) is 5.10. The van der Waals surface area contributed by atoms with E-state index in [1.807, 2.05) is 107 Å². The molecule has 5 rings (SSSR count). The smallest absolute Gasteiger partial charge is 0.349 e. The fraction of sp³-hybridized carbons (Fsp3) is 0.125. The molecule has 0 spiro atoms. The molecule has 8 heteroatoms. The van der Waals surface area contributed by atoms with Crippen LogP contribution in [0, 0.1) is 0 Å². The Morgan fingerprint density at radius 2 is 1.81 bits per heavy atom. The largest absolute Gasteiger partial charge is 0.387 e. The third-order valence-corrected chi connectivity index (χ3v) is 7.69. The molecule has 3 heterocycles. The average molecular weight is 462 g/mol. The lowest BCUT2D eigenvalue weighted by Crippen LogP contribution is -2.24. The van der Waals surface area contributed by atoms with Crippen molar-refractivity contribution in [3.05, 3.63) is 91.0 Å². The Labute approximate surface area is 193 Å². The normalized spacial score (nSPS) is 12.2. The average Bonchev–Trinajstić information content (AvgIpc) is 3.50. The summed E-state index contributed by atoms with van der Waals surface area (Å²) in [5.74, 6) is 0.195.